The number of fused-ring (bicyclic) bond motifs is 1. The van der Waals surface area contributed by atoms with Gasteiger partial charge in [0.1, 0.15) is 5.52 Å². The summed E-state index contributed by atoms with van der Waals surface area (Å²) < 4.78 is 0. The molecule has 0 radical (unpaired) electrons. The molecular formula is C6H8N6O2. The lowest BCUT2D eigenvalue weighted by atomic mass is 10.5. The molecule has 2 aromatic rings. The van der Waals surface area contributed by atoms with E-state index in [-0.39, 0.29) is 11.8 Å². The Labute approximate surface area is 78.2 Å². The van der Waals surface area contributed by atoms with E-state index in [0.717, 1.165) is 5.06 Å². The van der Waals surface area contributed by atoms with Crippen LogP contribution in [0.5, 0.6) is 0 Å². The highest BCUT2D eigenvalue weighted by atomic mass is 16.5. The largest absolute Gasteiger partial charge is 0.340 e. The summed E-state index contributed by atoms with van der Waals surface area (Å²) in [6.07, 6.45) is 1.42. The van der Waals surface area contributed by atoms with Gasteiger partial charge in [-0.2, -0.15) is 9.97 Å². The van der Waals surface area contributed by atoms with Crippen molar-refractivity contribution in [2.24, 2.45) is 0 Å². The zero-order valence-corrected chi connectivity index (χ0v) is 7.26. The Morgan fingerprint density at radius 1 is 1.50 bits per heavy atom. The molecule has 2 heterocycles. The highest BCUT2D eigenvalue weighted by Crippen LogP contribution is 2.19. The molecule has 8 heteroatoms. The predicted molar refractivity (Wildman–Crippen MR) is 47.3 cm³/mol. The molecule has 14 heavy (non-hydrogen) atoms. The van der Waals surface area contributed by atoms with Crippen LogP contribution in [0.15, 0.2) is 6.33 Å². The molecule has 2 rings (SSSR count). The normalized spacial score (nSPS) is 10.5. The van der Waals surface area contributed by atoms with Crippen LogP contribution in [0.3, 0.4) is 0 Å². The van der Waals surface area contributed by atoms with Gasteiger partial charge in [0.2, 0.25) is 0 Å². The molecule has 0 atom stereocenters. The second kappa shape index (κ2) is 3.09. The van der Waals surface area contributed by atoms with E-state index in [1.807, 2.05) is 0 Å². The van der Waals surface area contributed by atoms with E-state index in [1.165, 1.54) is 13.4 Å². The highest BCUT2D eigenvalue weighted by Gasteiger charge is 2.11. The summed E-state index contributed by atoms with van der Waals surface area (Å²) in [5.74, 6) is 0.199. The molecule has 0 aliphatic heterocycles. The highest BCUT2D eigenvalue weighted by molar-refractivity contribution is 5.83. The number of aromatic nitrogens is 4. The Morgan fingerprint density at radius 2 is 2.29 bits per heavy atom. The van der Waals surface area contributed by atoms with Crippen molar-refractivity contribution in [1.29, 1.82) is 0 Å². The standard InChI is InChI=1S/C6H8N6O2/c1-12(14)5-3-4(8-2-7-3)9-6(10-5)11-13/h2,13-14H,1H3,(H2,7,8,9,10,11). The van der Waals surface area contributed by atoms with Crippen molar-refractivity contribution >= 4 is 22.9 Å². The van der Waals surface area contributed by atoms with Crippen molar-refractivity contribution in [3.63, 3.8) is 0 Å². The summed E-state index contributed by atoms with van der Waals surface area (Å²) in [7, 11) is 1.41. The summed E-state index contributed by atoms with van der Waals surface area (Å²) in [6.45, 7) is 0. The summed E-state index contributed by atoms with van der Waals surface area (Å²) in [5.41, 5.74) is 2.64. The van der Waals surface area contributed by atoms with Crippen LogP contribution in [-0.4, -0.2) is 37.4 Å². The lowest BCUT2D eigenvalue weighted by Crippen LogP contribution is -2.14. The maximum Gasteiger partial charge on any atom is 0.251 e. The summed E-state index contributed by atoms with van der Waals surface area (Å²) in [6, 6.07) is 0. The van der Waals surface area contributed by atoms with Gasteiger partial charge in [-0.15, -0.1) is 0 Å². The first-order valence-electron chi connectivity index (χ1n) is 3.76. The van der Waals surface area contributed by atoms with Gasteiger partial charge in [-0.25, -0.2) is 15.5 Å². The molecule has 0 unspecified atom stereocenters. The Balaban J connectivity index is 2.70. The average Bonchev–Trinajstić information content (AvgIpc) is 2.63. The van der Waals surface area contributed by atoms with Crippen LogP contribution in [-0.2, 0) is 0 Å². The number of rotatable bonds is 2. The van der Waals surface area contributed by atoms with E-state index in [0.29, 0.717) is 11.2 Å². The number of hydrogen-bond acceptors (Lipinski definition) is 7. The van der Waals surface area contributed by atoms with Gasteiger partial charge >= 0.3 is 0 Å². The number of nitrogens with one attached hydrogen (secondary N) is 2. The van der Waals surface area contributed by atoms with Gasteiger partial charge in [0.15, 0.2) is 11.5 Å². The number of anilines is 2. The first kappa shape index (κ1) is 8.66. The van der Waals surface area contributed by atoms with Gasteiger partial charge in [0.25, 0.3) is 5.95 Å². The van der Waals surface area contributed by atoms with Gasteiger partial charge in [-0.05, 0) is 0 Å². The zero-order valence-electron chi connectivity index (χ0n) is 7.26. The number of aromatic amines is 1. The van der Waals surface area contributed by atoms with Gasteiger partial charge < -0.3 is 4.98 Å². The van der Waals surface area contributed by atoms with Crippen LogP contribution < -0.4 is 10.5 Å². The molecule has 0 aromatic carbocycles. The molecular weight excluding hydrogens is 188 g/mol. The lowest BCUT2D eigenvalue weighted by Gasteiger charge is -2.10. The molecule has 0 spiro atoms. The molecule has 0 aliphatic rings. The summed E-state index contributed by atoms with van der Waals surface area (Å²) >= 11 is 0. The van der Waals surface area contributed by atoms with Crippen LogP contribution in [0.1, 0.15) is 0 Å². The third-order valence-corrected chi connectivity index (χ3v) is 1.67. The Morgan fingerprint density at radius 3 is 2.93 bits per heavy atom. The minimum atomic E-state index is -0.0273. The number of hydrogen-bond donors (Lipinski definition) is 4. The number of nitrogens with zero attached hydrogens (tertiary/aromatic N) is 4. The minimum absolute atomic E-state index is 0.0273. The molecule has 0 saturated heterocycles. The quantitative estimate of drug-likeness (QED) is 0.499. The first-order chi connectivity index (χ1) is 6.72. The van der Waals surface area contributed by atoms with Gasteiger partial charge in [0, 0.05) is 7.05 Å². The van der Waals surface area contributed by atoms with Crippen LogP contribution in [0.25, 0.3) is 11.2 Å². The minimum Gasteiger partial charge on any atom is -0.340 e. The molecule has 74 valence electrons. The Hall–Kier alpha value is -1.93. The first-order valence-corrected chi connectivity index (χ1v) is 3.76. The molecule has 0 amide bonds. The van der Waals surface area contributed by atoms with Crippen LogP contribution >= 0.6 is 0 Å². The third-order valence-electron chi connectivity index (χ3n) is 1.67. The second-order valence-corrected chi connectivity index (χ2v) is 2.61. The fourth-order valence-corrected chi connectivity index (χ4v) is 1.10. The fraction of sp³-hybridized carbons (Fsp3) is 0.167. The predicted octanol–water partition coefficient (Wildman–Crippen LogP) is -0.0206. The van der Waals surface area contributed by atoms with Crippen LogP contribution in [0.2, 0.25) is 0 Å². The Kier molecular flexibility index (Phi) is 1.91. The Bertz CT molecular complexity index is 453. The second-order valence-electron chi connectivity index (χ2n) is 2.61. The van der Waals surface area contributed by atoms with Gasteiger partial charge in [0.05, 0.1) is 6.33 Å². The van der Waals surface area contributed by atoms with E-state index in [1.54, 1.807) is 5.48 Å². The number of H-pyrrole nitrogens is 1. The maximum atomic E-state index is 9.25. The van der Waals surface area contributed by atoms with E-state index in [4.69, 9.17) is 5.21 Å². The van der Waals surface area contributed by atoms with Crippen molar-refractivity contribution in [3.05, 3.63) is 6.33 Å². The summed E-state index contributed by atoms with van der Waals surface area (Å²) in [5, 5.41) is 18.7. The van der Waals surface area contributed by atoms with E-state index in [2.05, 4.69) is 19.9 Å². The third kappa shape index (κ3) is 1.22. The molecule has 0 saturated carbocycles. The molecule has 4 N–H and O–H groups in total. The van der Waals surface area contributed by atoms with Crippen LogP contribution in [0, 0.1) is 0 Å². The lowest BCUT2D eigenvalue weighted by molar-refractivity contribution is 0.277. The van der Waals surface area contributed by atoms with E-state index < -0.39 is 0 Å². The topological polar surface area (TPSA) is 110 Å². The summed E-state index contributed by atoms with van der Waals surface area (Å²) in [4.78, 5) is 14.3. The fourth-order valence-electron chi connectivity index (χ4n) is 1.10. The molecule has 0 fully saturated rings. The van der Waals surface area contributed by atoms with Gasteiger partial charge in [-0.1, -0.05) is 0 Å². The van der Waals surface area contributed by atoms with Crippen molar-refractivity contribution in [3.8, 4) is 0 Å². The van der Waals surface area contributed by atoms with Crippen molar-refractivity contribution < 1.29 is 10.4 Å². The number of imidazole rings is 1. The molecule has 0 aliphatic carbocycles. The molecule has 0 bridgehead atoms. The van der Waals surface area contributed by atoms with Gasteiger partial charge in [-0.3, -0.25) is 10.4 Å². The van der Waals surface area contributed by atoms with E-state index in [9.17, 15) is 5.21 Å². The molecule has 8 nitrogen and oxygen atoms in total. The average molecular weight is 196 g/mol. The monoisotopic (exact) mass is 196 g/mol. The smallest absolute Gasteiger partial charge is 0.251 e. The van der Waals surface area contributed by atoms with Crippen molar-refractivity contribution in [1.82, 2.24) is 19.9 Å². The maximum absolute atomic E-state index is 9.25. The van der Waals surface area contributed by atoms with Crippen molar-refractivity contribution in [2.45, 2.75) is 0 Å². The SMILES string of the molecule is CN(O)c1nc(NO)nc2nc[nH]c12. The van der Waals surface area contributed by atoms with E-state index >= 15 is 0 Å². The van der Waals surface area contributed by atoms with Crippen LogP contribution in [0.4, 0.5) is 11.8 Å². The number of hydroxylamine groups is 1. The zero-order chi connectivity index (χ0) is 10.1. The molecule has 2 aromatic heterocycles. The van der Waals surface area contributed by atoms with Crippen molar-refractivity contribution in [2.75, 3.05) is 17.6 Å².